The number of aromatic nitrogens is 1. The first-order valence-electron chi connectivity index (χ1n) is 13.5. The highest BCUT2D eigenvalue weighted by atomic mass is 32.2. The molecule has 0 unspecified atom stereocenters. The van der Waals surface area contributed by atoms with Crippen LogP contribution in [0.1, 0.15) is 62.3 Å². The van der Waals surface area contributed by atoms with E-state index in [9.17, 15) is 14.9 Å². The number of carbonyl (C=O) groups is 1. The minimum atomic E-state index is -0.252. The van der Waals surface area contributed by atoms with Gasteiger partial charge < -0.3 is 4.90 Å². The van der Waals surface area contributed by atoms with E-state index >= 15 is 0 Å². The summed E-state index contributed by atoms with van der Waals surface area (Å²) < 4.78 is 2.31. The summed E-state index contributed by atoms with van der Waals surface area (Å²) in [7, 11) is 0. The molecule has 2 aromatic rings. The van der Waals surface area contributed by atoms with Gasteiger partial charge in [0.2, 0.25) is 0 Å². The van der Waals surface area contributed by atoms with Crippen LogP contribution in [-0.2, 0) is 17.8 Å². The van der Waals surface area contributed by atoms with Crippen LogP contribution in [0.5, 0.6) is 0 Å². The van der Waals surface area contributed by atoms with Gasteiger partial charge in [-0.05, 0) is 61.6 Å². The molecule has 2 aliphatic rings. The molecule has 0 radical (unpaired) electrons. The molecule has 3 heterocycles. The van der Waals surface area contributed by atoms with Crippen LogP contribution in [0, 0.1) is 30.1 Å². The third-order valence-corrected chi connectivity index (χ3v) is 8.65. The van der Waals surface area contributed by atoms with Crippen molar-refractivity contribution >= 4 is 46.1 Å². The largest absolute Gasteiger partial charge is 0.357 e. The molecule has 0 N–H and O–H groups in total. The number of thiocarbonyl (C=S) groups is 1. The Labute approximate surface area is 235 Å². The van der Waals surface area contributed by atoms with Crippen LogP contribution in [0.25, 0.3) is 6.08 Å². The zero-order valence-corrected chi connectivity index (χ0v) is 24.3. The van der Waals surface area contributed by atoms with Gasteiger partial charge >= 0.3 is 0 Å². The van der Waals surface area contributed by atoms with E-state index in [-0.39, 0.29) is 17.0 Å². The van der Waals surface area contributed by atoms with Crippen molar-refractivity contribution in [3.8, 4) is 6.07 Å². The summed E-state index contributed by atoms with van der Waals surface area (Å²) in [6.45, 7) is 10.7. The number of nitrogens with zero attached hydrogens (tertiary/aromatic N) is 4. The van der Waals surface area contributed by atoms with Crippen LogP contribution in [0.2, 0.25) is 0 Å². The molecule has 0 spiro atoms. The number of anilines is 1. The number of rotatable bonds is 8. The first kappa shape index (κ1) is 28.1. The maximum atomic E-state index is 13.5. The highest BCUT2D eigenvalue weighted by Gasteiger charge is 2.34. The fourth-order valence-electron chi connectivity index (χ4n) is 5.37. The SMILES string of the molecule is CCCn1c(N2CCC(Cc3ccccc3)CC2)c(/C=C2\SC(=S)N(CC(C)C)C2=O)c(C)c(C#N)c1=O. The first-order chi connectivity index (χ1) is 18.2. The summed E-state index contributed by atoms with van der Waals surface area (Å²) >= 11 is 6.83. The van der Waals surface area contributed by atoms with Crippen LogP contribution in [0.4, 0.5) is 5.82 Å². The van der Waals surface area contributed by atoms with Gasteiger partial charge in [0, 0.05) is 31.7 Å². The van der Waals surface area contributed by atoms with Gasteiger partial charge in [0.1, 0.15) is 21.8 Å². The zero-order valence-electron chi connectivity index (χ0n) is 22.7. The average molecular weight is 549 g/mol. The summed E-state index contributed by atoms with van der Waals surface area (Å²) in [6.07, 6.45) is 5.72. The van der Waals surface area contributed by atoms with Crippen molar-refractivity contribution < 1.29 is 4.79 Å². The second kappa shape index (κ2) is 12.3. The highest BCUT2D eigenvalue weighted by Crippen LogP contribution is 2.37. The Morgan fingerprint density at radius 3 is 2.47 bits per heavy atom. The molecule has 6 nitrogen and oxygen atoms in total. The molecule has 1 amide bonds. The van der Waals surface area contributed by atoms with Crippen LogP contribution >= 0.6 is 24.0 Å². The fraction of sp³-hybridized carbons (Fsp3) is 0.467. The highest BCUT2D eigenvalue weighted by molar-refractivity contribution is 8.26. The van der Waals surface area contributed by atoms with E-state index < -0.39 is 0 Å². The molecule has 0 saturated carbocycles. The topological polar surface area (TPSA) is 69.3 Å². The smallest absolute Gasteiger partial charge is 0.270 e. The number of pyridine rings is 1. The van der Waals surface area contributed by atoms with Gasteiger partial charge in [0.15, 0.2) is 0 Å². The number of hydrogen-bond donors (Lipinski definition) is 0. The standard InChI is InChI=1S/C30H36N4O2S2/c1-5-13-33-27(32-14-11-23(12-15-32)16-22-9-7-6-8-10-22)24(21(4)25(18-31)28(33)35)17-26-29(36)34(19-20(2)3)30(37)38-26/h6-10,17,20,23H,5,11-16,19H2,1-4H3/b26-17-. The molecule has 200 valence electrons. The van der Waals surface area contributed by atoms with Gasteiger partial charge in [-0.25, -0.2) is 0 Å². The van der Waals surface area contributed by atoms with Crippen molar-refractivity contribution in [2.24, 2.45) is 11.8 Å². The minimum Gasteiger partial charge on any atom is -0.357 e. The minimum absolute atomic E-state index is 0.104. The second-order valence-electron chi connectivity index (χ2n) is 10.6. The number of amides is 1. The van der Waals surface area contributed by atoms with E-state index in [0.29, 0.717) is 39.7 Å². The molecule has 2 saturated heterocycles. The molecule has 1 aromatic heterocycles. The van der Waals surface area contributed by atoms with Crippen molar-refractivity contribution in [2.75, 3.05) is 24.5 Å². The Hall–Kier alpha value is -2.89. The van der Waals surface area contributed by atoms with Gasteiger partial charge in [-0.15, -0.1) is 0 Å². The zero-order chi connectivity index (χ0) is 27.4. The number of piperidine rings is 1. The number of thioether (sulfide) groups is 1. The molecule has 1 aromatic carbocycles. The quantitative estimate of drug-likeness (QED) is 0.309. The molecule has 4 rings (SSSR count). The summed E-state index contributed by atoms with van der Waals surface area (Å²) in [6, 6.07) is 12.7. The monoisotopic (exact) mass is 548 g/mol. The molecular formula is C30H36N4O2S2. The van der Waals surface area contributed by atoms with Gasteiger partial charge in [0.05, 0.1) is 4.91 Å². The van der Waals surface area contributed by atoms with Crippen molar-refractivity contribution in [3.63, 3.8) is 0 Å². The fourth-order valence-corrected chi connectivity index (χ4v) is 6.62. The Morgan fingerprint density at radius 1 is 1.18 bits per heavy atom. The van der Waals surface area contributed by atoms with E-state index in [0.717, 1.165) is 50.2 Å². The first-order valence-corrected chi connectivity index (χ1v) is 14.7. The molecule has 0 atom stereocenters. The third-order valence-electron chi connectivity index (χ3n) is 7.27. The molecule has 0 aliphatic carbocycles. The molecule has 0 bridgehead atoms. The normalized spacial score (nSPS) is 17.6. The van der Waals surface area contributed by atoms with Crippen molar-refractivity contribution in [3.05, 3.63) is 67.8 Å². The van der Waals surface area contributed by atoms with Gasteiger partial charge in [-0.3, -0.25) is 19.1 Å². The number of benzene rings is 1. The number of nitriles is 1. The van der Waals surface area contributed by atoms with Crippen LogP contribution < -0.4 is 10.5 Å². The summed E-state index contributed by atoms with van der Waals surface area (Å²) in [4.78, 5) is 31.2. The number of hydrogen-bond acceptors (Lipinski definition) is 6. The van der Waals surface area contributed by atoms with Gasteiger partial charge in [-0.2, -0.15) is 5.26 Å². The van der Waals surface area contributed by atoms with E-state index in [1.807, 2.05) is 26.0 Å². The van der Waals surface area contributed by atoms with Crippen molar-refractivity contribution in [1.82, 2.24) is 9.47 Å². The van der Waals surface area contributed by atoms with Crippen LogP contribution in [-0.4, -0.2) is 39.3 Å². The third kappa shape index (κ3) is 5.89. The Morgan fingerprint density at radius 2 is 1.87 bits per heavy atom. The van der Waals surface area contributed by atoms with Gasteiger partial charge in [-0.1, -0.05) is 75.1 Å². The lowest BCUT2D eigenvalue weighted by atomic mass is 9.90. The van der Waals surface area contributed by atoms with E-state index in [1.165, 1.54) is 17.3 Å². The molecule has 2 fully saturated rings. The summed E-state index contributed by atoms with van der Waals surface area (Å²) in [5, 5.41) is 9.89. The van der Waals surface area contributed by atoms with Crippen LogP contribution in [0.15, 0.2) is 40.0 Å². The molecule has 38 heavy (non-hydrogen) atoms. The average Bonchev–Trinajstić information content (AvgIpc) is 3.15. The molecular weight excluding hydrogens is 512 g/mol. The Bertz CT molecular complexity index is 1330. The lowest BCUT2D eigenvalue weighted by Gasteiger charge is -2.36. The van der Waals surface area contributed by atoms with Crippen molar-refractivity contribution in [1.29, 1.82) is 5.26 Å². The maximum absolute atomic E-state index is 13.5. The maximum Gasteiger partial charge on any atom is 0.270 e. The number of carbonyl (C=O) groups excluding carboxylic acids is 1. The van der Waals surface area contributed by atoms with E-state index in [4.69, 9.17) is 12.2 Å². The predicted octanol–water partition coefficient (Wildman–Crippen LogP) is 5.75. The lowest BCUT2D eigenvalue weighted by Crippen LogP contribution is -2.40. The van der Waals surface area contributed by atoms with Gasteiger partial charge in [0.25, 0.3) is 11.5 Å². The van der Waals surface area contributed by atoms with E-state index in [1.54, 1.807) is 9.47 Å². The second-order valence-corrected chi connectivity index (χ2v) is 12.3. The van der Waals surface area contributed by atoms with E-state index in [2.05, 4.69) is 49.1 Å². The Kier molecular flexibility index (Phi) is 9.11. The molecule has 8 heteroatoms. The van der Waals surface area contributed by atoms with Crippen LogP contribution in [0.3, 0.4) is 0 Å². The summed E-state index contributed by atoms with van der Waals surface area (Å²) in [5.41, 5.74) is 2.65. The predicted molar refractivity (Wildman–Crippen MR) is 160 cm³/mol. The van der Waals surface area contributed by atoms with Crippen molar-refractivity contribution in [2.45, 2.75) is 59.9 Å². The Balaban J connectivity index is 1.73. The lowest BCUT2D eigenvalue weighted by molar-refractivity contribution is -0.122. The molecule has 2 aliphatic heterocycles. The summed E-state index contributed by atoms with van der Waals surface area (Å²) in [5.74, 6) is 1.59.